The Bertz CT molecular complexity index is 1190. The molecule has 4 heterocycles. The molecule has 6 nitrogen and oxygen atoms in total. The van der Waals surface area contributed by atoms with Crippen molar-refractivity contribution in [3.8, 4) is 5.69 Å². The van der Waals surface area contributed by atoms with Crippen molar-refractivity contribution >= 4 is 34.6 Å². The molecule has 0 unspecified atom stereocenters. The number of aromatic nitrogens is 2. The molecule has 1 aromatic heterocycles. The summed E-state index contributed by atoms with van der Waals surface area (Å²) < 4.78 is 36.2. The summed E-state index contributed by atoms with van der Waals surface area (Å²) in [6.07, 6.45) is 2.76. The minimum Gasteiger partial charge on any atom is -0.374 e. The summed E-state index contributed by atoms with van der Waals surface area (Å²) in [6, 6.07) is 9.91. The van der Waals surface area contributed by atoms with Gasteiger partial charge < -0.3 is 15.0 Å². The third-order valence-electron chi connectivity index (χ3n) is 5.81. The van der Waals surface area contributed by atoms with Gasteiger partial charge in [-0.1, -0.05) is 17.7 Å². The number of nitrogens with zero attached hydrogens (tertiary/aromatic N) is 4. The third-order valence-corrected chi connectivity index (χ3v) is 6.08. The molecule has 6 rings (SSSR count). The molecule has 3 aliphatic heterocycles. The third kappa shape index (κ3) is 2.64. The number of anilines is 2. The topological polar surface area (TPSA) is 54.7 Å². The van der Waals surface area contributed by atoms with Gasteiger partial charge in [0.1, 0.15) is 22.5 Å². The van der Waals surface area contributed by atoms with Gasteiger partial charge in [-0.05, 0) is 36.8 Å². The molecule has 2 saturated heterocycles. The molecule has 3 aliphatic rings. The van der Waals surface area contributed by atoms with Crippen LogP contribution in [0.15, 0.2) is 47.6 Å². The molecule has 0 spiro atoms. The van der Waals surface area contributed by atoms with Crippen LogP contribution in [0.1, 0.15) is 12.0 Å². The Morgan fingerprint density at radius 3 is 2.73 bits per heavy atom. The van der Waals surface area contributed by atoms with Gasteiger partial charge in [0, 0.05) is 12.2 Å². The minimum atomic E-state index is -0.711. The van der Waals surface area contributed by atoms with Gasteiger partial charge in [-0.2, -0.15) is 5.10 Å². The molecule has 2 fully saturated rings. The maximum absolute atomic E-state index is 14.5. The zero-order valence-electron chi connectivity index (χ0n) is 15.6. The van der Waals surface area contributed by atoms with Gasteiger partial charge in [-0.15, -0.1) is 0 Å². The normalized spacial score (nSPS) is 21.7. The fourth-order valence-electron chi connectivity index (χ4n) is 4.40. The fourth-order valence-corrected chi connectivity index (χ4v) is 4.56. The zero-order chi connectivity index (χ0) is 20.4. The molecule has 0 amide bonds. The first-order chi connectivity index (χ1) is 14.6. The summed E-state index contributed by atoms with van der Waals surface area (Å²) in [5.41, 5.74) is 2.12. The molecule has 1 N–H and O–H groups in total. The lowest BCUT2D eigenvalue weighted by Crippen LogP contribution is -2.36. The van der Waals surface area contributed by atoms with Gasteiger partial charge in [0.25, 0.3) is 0 Å². The summed E-state index contributed by atoms with van der Waals surface area (Å²) in [7, 11) is 0. The van der Waals surface area contributed by atoms with Crippen LogP contribution in [0.3, 0.4) is 0 Å². The van der Waals surface area contributed by atoms with Crippen molar-refractivity contribution < 1.29 is 13.5 Å². The number of nitrogens with one attached hydrogen (secondary N) is 1. The first-order valence-electron chi connectivity index (χ1n) is 9.65. The second-order valence-electron chi connectivity index (χ2n) is 7.61. The van der Waals surface area contributed by atoms with Crippen LogP contribution in [0.5, 0.6) is 0 Å². The Balaban J connectivity index is 1.49. The molecule has 0 aliphatic carbocycles. The van der Waals surface area contributed by atoms with E-state index in [1.165, 1.54) is 24.4 Å². The second kappa shape index (κ2) is 6.52. The number of fused-ring (bicyclic) bond motifs is 5. The average Bonchev–Trinajstić information content (AvgIpc) is 3.42. The molecule has 30 heavy (non-hydrogen) atoms. The Morgan fingerprint density at radius 2 is 2.00 bits per heavy atom. The van der Waals surface area contributed by atoms with Crippen LogP contribution < -0.4 is 10.2 Å². The molecule has 152 valence electrons. The first-order valence-corrected chi connectivity index (χ1v) is 10.0. The summed E-state index contributed by atoms with van der Waals surface area (Å²) in [6.45, 7) is 1.56. The lowest BCUT2D eigenvalue weighted by Gasteiger charge is -2.29. The standard InChI is InChI=1S/C21H16ClF2N5O/c22-14-8-25-29-18-7-11(28-9-13-6-12(28)10-30-13)4-5-17(18)26-20(27-21(14)29)19-15(23)2-1-3-16(19)24/h1-5,7-8,12-13H,6,9-10H2,(H,26,27)/t12-,13-/m1/s1. The summed E-state index contributed by atoms with van der Waals surface area (Å²) >= 11 is 6.31. The molecular weight excluding hydrogens is 412 g/mol. The Kier molecular flexibility index (Phi) is 3.88. The summed E-state index contributed by atoms with van der Waals surface area (Å²) in [4.78, 5) is 6.75. The van der Waals surface area contributed by atoms with Crippen molar-refractivity contribution in [3.63, 3.8) is 0 Å². The van der Waals surface area contributed by atoms with Crippen molar-refractivity contribution in [2.45, 2.75) is 18.6 Å². The number of benzene rings is 2. The highest BCUT2D eigenvalue weighted by molar-refractivity contribution is 6.33. The smallest absolute Gasteiger partial charge is 0.176 e. The summed E-state index contributed by atoms with van der Waals surface area (Å²) in [5.74, 6) is -1.08. The fraction of sp³-hybridized carbons (Fsp3) is 0.238. The SMILES string of the molecule is Fc1cccc(F)c1C1=Nc2c(Cl)cnn2-c2cc(N3C[C@H]4C[C@@H]3CO4)ccc2N1. The highest BCUT2D eigenvalue weighted by Gasteiger charge is 2.39. The number of hydrogen-bond donors (Lipinski definition) is 1. The zero-order valence-corrected chi connectivity index (χ0v) is 16.4. The van der Waals surface area contributed by atoms with Crippen LogP contribution in [0.2, 0.25) is 5.02 Å². The van der Waals surface area contributed by atoms with Gasteiger partial charge in [0.05, 0.1) is 41.9 Å². The predicted octanol–water partition coefficient (Wildman–Crippen LogP) is 4.29. The maximum Gasteiger partial charge on any atom is 0.176 e. The number of ether oxygens (including phenoxy) is 1. The lowest BCUT2D eigenvalue weighted by atomic mass is 10.1. The number of hydrogen-bond acceptors (Lipinski definition) is 5. The van der Waals surface area contributed by atoms with Crippen LogP contribution in [0.25, 0.3) is 5.69 Å². The molecular formula is C21H16ClF2N5O. The van der Waals surface area contributed by atoms with Crippen molar-refractivity contribution in [1.82, 2.24) is 9.78 Å². The molecule has 3 aromatic rings. The quantitative estimate of drug-likeness (QED) is 0.663. The molecule has 0 saturated carbocycles. The van der Waals surface area contributed by atoms with Gasteiger partial charge in [0.15, 0.2) is 5.82 Å². The lowest BCUT2D eigenvalue weighted by molar-refractivity contribution is 0.0991. The number of aliphatic imine (C=N–C) groups is 1. The number of halogens is 3. The monoisotopic (exact) mass is 427 g/mol. The van der Waals surface area contributed by atoms with Crippen molar-refractivity contribution in [2.24, 2.45) is 4.99 Å². The van der Waals surface area contributed by atoms with Crippen LogP contribution >= 0.6 is 11.6 Å². The van der Waals surface area contributed by atoms with Crippen molar-refractivity contribution in [2.75, 3.05) is 23.4 Å². The van der Waals surface area contributed by atoms with Crippen LogP contribution in [-0.2, 0) is 4.74 Å². The number of amidine groups is 1. The molecule has 2 bridgehead atoms. The summed E-state index contributed by atoms with van der Waals surface area (Å²) in [5, 5.41) is 7.72. The van der Waals surface area contributed by atoms with Crippen LogP contribution in [0, 0.1) is 11.6 Å². The molecule has 2 aromatic carbocycles. The van der Waals surface area contributed by atoms with E-state index in [2.05, 4.69) is 20.3 Å². The van der Waals surface area contributed by atoms with E-state index >= 15 is 0 Å². The average molecular weight is 428 g/mol. The van der Waals surface area contributed by atoms with E-state index in [1.807, 2.05) is 18.2 Å². The molecule has 0 radical (unpaired) electrons. The van der Waals surface area contributed by atoms with Gasteiger partial charge in [-0.3, -0.25) is 0 Å². The van der Waals surface area contributed by atoms with E-state index in [-0.39, 0.29) is 22.5 Å². The second-order valence-corrected chi connectivity index (χ2v) is 8.02. The van der Waals surface area contributed by atoms with E-state index in [1.54, 1.807) is 4.68 Å². The molecule has 2 atom stereocenters. The van der Waals surface area contributed by atoms with E-state index in [9.17, 15) is 8.78 Å². The minimum absolute atomic E-state index is 0.0365. The number of morpholine rings is 1. The van der Waals surface area contributed by atoms with E-state index < -0.39 is 11.6 Å². The van der Waals surface area contributed by atoms with Gasteiger partial charge in [0.2, 0.25) is 0 Å². The van der Waals surface area contributed by atoms with E-state index in [0.717, 1.165) is 25.3 Å². The van der Waals surface area contributed by atoms with Crippen LogP contribution in [-0.4, -0.2) is 40.9 Å². The van der Waals surface area contributed by atoms with Gasteiger partial charge in [-0.25, -0.2) is 18.5 Å². The Morgan fingerprint density at radius 1 is 1.17 bits per heavy atom. The maximum atomic E-state index is 14.5. The Hall–Kier alpha value is -2.97. The van der Waals surface area contributed by atoms with Crippen molar-refractivity contribution in [3.05, 3.63) is 64.8 Å². The highest BCUT2D eigenvalue weighted by Crippen LogP contribution is 2.39. The highest BCUT2D eigenvalue weighted by atomic mass is 35.5. The Labute approximate surface area is 175 Å². The van der Waals surface area contributed by atoms with Crippen molar-refractivity contribution in [1.29, 1.82) is 0 Å². The van der Waals surface area contributed by atoms with E-state index in [0.29, 0.717) is 23.2 Å². The largest absolute Gasteiger partial charge is 0.374 e. The first kappa shape index (κ1) is 17.9. The van der Waals surface area contributed by atoms with Crippen LogP contribution in [0.4, 0.5) is 26.0 Å². The van der Waals surface area contributed by atoms with Gasteiger partial charge >= 0.3 is 0 Å². The number of rotatable bonds is 2. The van der Waals surface area contributed by atoms with E-state index in [4.69, 9.17) is 16.3 Å². The molecule has 9 heteroatoms. The predicted molar refractivity (Wildman–Crippen MR) is 110 cm³/mol.